The highest BCUT2D eigenvalue weighted by Crippen LogP contribution is 2.13. The van der Waals surface area contributed by atoms with Crippen molar-refractivity contribution in [1.29, 1.82) is 0 Å². The third-order valence-electron chi connectivity index (χ3n) is 4.11. The number of amides is 1. The summed E-state index contributed by atoms with van der Waals surface area (Å²) in [6, 6.07) is 0.601. The maximum atomic E-state index is 12.2. The standard InChI is InChI=1S/C13H25N3O/c1-11(13(17)16-8-3-4-9-16)15(2)10-12-6-5-7-14-12/h11-12,14H,3-10H2,1-2H3. The van der Waals surface area contributed by atoms with Gasteiger partial charge in [0.25, 0.3) is 0 Å². The van der Waals surface area contributed by atoms with E-state index in [-0.39, 0.29) is 6.04 Å². The topological polar surface area (TPSA) is 35.6 Å². The van der Waals surface area contributed by atoms with Crippen LogP contribution >= 0.6 is 0 Å². The van der Waals surface area contributed by atoms with E-state index in [1.54, 1.807) is 0 Å². The number of carbonyl (C=O) groups excluding carboxylic acids is 1. The molecule has 0 aliphatic carbocycles. The van der Waals surface area contributed by atoms with E-state index in [1.165, 1.54) is 25.7 Å². The second kappa shape index (κ2) is 5.83. The molecule has 1 amide bonds. The van der Waals surface area contributed by atoms with Crippen LogP contribution in [0.4, 0.5) is 0 Å². The Morgan fingerprint density at radius 3 is 2.71 bits per heavy atom. The van der Waals surface area contributed by atoms with Crippen LogP contribution in [-0.4, -0.2) is 61.0 Å². The van der Waals surface area contributed by atoms with E-state index in [0.29, 0.717) is 11.9 Å². The molecule has 4 nitrogen and oxygen atoms in total. The average Bonchev–Trinajstić information content (AvgIpc) is 2.99. The monoisotopic (exact) mass is 239 g/mol. The predicted octanol–water partition coefficient (Wildman–Crippen LogP) is 0.681. The van der Waals surface area contributed by atoms with Gasteiger partial charge in [-0.15, -0.1) is 0 Å². The highest BCUT2D eigenvalue weighted by molar-refractivity contribution is 5.81. The zero-order chi connectivity index (χ0) is 12.3. The van der Waals surface area contributed by atoms with Crippen molar-refractivity contribution < 1.29 is 4.79 Å². The molecule has 0 radical (unpaired) electrons. The van der Waals surface area contributed by atoms with Gasteiger partial charge in [0.15, 0.2) is 0 Å². The van der Waals surface area contributed by atoms with Crippen LogP contribution in [0.15, 0.2) is 0 Å². The second-order valence-corrected chi connectivity index (χ2v) is 5.44. The van der Waals surface area contributed by atoms with E-state index >= 15 is 0 Å². The van der Waals surface area contributed by atoms with Crippen LogP contribution in [0.3, 0.4) is 0 Å². The zero-order valence-electron chi connectivity index (χ0n) is 11.1. The molecule has 0 spiro atoms. The largest absolute Gasteiger partial charge is 0.341 e. The fourth-order valence-corrected chi connectivity index (χ4v) is 2.81. The van der Waals surface area contributed by atoms with Crippen molar-refractivity contribution >= 4 is 5.91 Å². The highest BCUT2D eigenvalue weighted by atomic mass is 16.2. The van der Waals surface area contributed by atoms with Gasteiger partial charge in [-0.1, -0.05) is 0 Å². The quantitative estimate of drug-likeness (QED) is 0.784. The summed E-state index contributed by atoms with van der Waals surface area (Å²) in [5, 5.41) is 3.48. The van der Waals surface area contributed by atoms with Crippen LogP contribution in [0.2, 0.25) is 0 Å². The summed E-state index contributed by atoms with van der Waals surface area (Å²) >= 11 is 0. The molecule has 98 valence electrons. The van der Waals surface area contributed by atoms with Gasteiger partial charge in [-0.2, -0.15) is 0 Å². The lowest BCUT2D eigenvalue weighted by Crippen LogP contribution is -2.48. The summed E-state index contributed by atoms with van der Waals surface area (Å²) in [6.07, 6.45) is 4.86. The molecule has 4 heteroatoms. The van der Waals surface area contributed by atoms with Gasteiger partial charge in [0.1, 0.15) is 0 Å². The van der Waals surface area contributed by atoms with Crippen LogP contribution in [0, 0.1) is 0 Å². The Kier molecular flexibility index (Phi) is 4.40. The van der Waals surface area contributed by atoms with Crippen LogP contribution in [0.25, 0.3) is 0 Å². The van der Waals surface area contributed by atoms with Crippen molar-refractivity contribution in [1.82, 2.24) is 15.1 Å². The highest BCUT2D eigenvalue weighted by Gasteiger charge is 2.27. The Hall–Kier alpha value is -0.610. The molecule has 2 saturated heterocycles. The van der Waals surface area contributed by atoms with Crippen molar-refractivity contribution in [2.75, 3.05) is 33.2 Å². The first-order valence-corrected chi connectivity index (χ1v) is 6.91. The number of hydrogen-bond acceptors (Lipinski definition) is 3. The maximum Gasteiger partial charge on any atom is 0.239 e. The molecule has 2 aliphatic heterocycles. The molecule has 0 aromatic heterocycles. The van der Waals surface area contributed by atoms with Gasteiger partial charge in [-0.05, 0) is 46.2 Å². The molecule has 2 unspecified atom stereocenters. The van der Waals surface area contributed by atoms with Gasteiger partial charge < -0.3 is 10.2 Å². The van der Waals surface area contributed by atoms with Gasteiger partial charge in [-0.25, -0.2) is 0 Å². The van der Waals surface area contributed by atoms with Crippen molar-refractivity contribution in [3.8, 4) is 0 Å². The molecule has 2 aliphatic rings. The number of rotatable bonds is 4. The second-order valence-electron chi connectivity index (χ2n) is 5.44. The SMILES string of the molecule is CC(C(=O)N1CCCC1)N(C)CC1CCCN1. The van der Waals surface area contributed by atoms with Gasteiger partial charge in [0.2, 0.25) is 5.91 Å². The fraction of sp³-hybridized carbons (Fsp3) is 0.923. The summed E-state index contributed by atoms with van der Waals surface area (Å²) in [5.41, 5.74) is 0. The summed E-state index contributed by atoms with van der Waals surface area (Å²) in [4.78, 5) is 16.4. The minimum atomic E-state index is 0.0236. The van der Waals surface area contributed by atoms with E-state index in [2.05, 4.69) is 17.3 Å². The molecule has 0 bridgehead atoms. The predicted molar refractivity (Wildman–Crippen MR) is 68.9 cm³/mol. The molecule has 17 heavy (non-hydrogen) atoms. The summed E-state index contributed by atoms with van der Waals surface area (Å²) in [6.45, 7) is 6.07. The number of hydrogen-bond donors (Lipinski definition) is 1. The van der Waals surface area contributed by atoms with E-state index in [1.807, 2.05) is 11.8 Å². The Labute approximate surface area is 104 Å². The molecule has 2 atom stereocenters. The number of likely N-dealkylation sites (tertiary alicyclic amines) is 1. The first kappa shape index (κ1) is 12.8. The fourth-order valence-electron chi connectivity index (χ4n) is 2.81. The lowest BCUT2D eigenvalue weighted by atomic mass is 10.2. The Balaban J connectivity index is 1.80. The van der Waals surface area contributed by atoms with Crippen molar-refractivity contribution in [3.63, 3.8) is 0 Å². The van der Waals surface area contributed by atoms with Crippen molar-refractivity contribution in [2.45, 2.75) is 44.7 Å². The van der Waals surface area contributed by atoms with Gasteiger partial charge in [0, 0.05) is 25.7 Å². The third kappa shape index (κ3) is 3.19. The number of likely N-dealkylation sites (N-methyl/N-ethyl adjacent to an activating group) is 1. The van der Waals surface area contributed by atoms with Crippen LogP contribution in [0.1, 0.15) is 32.6 Å². The van der Waals surface area contributed by atoms with Gasteiger partial charge in [-0.3, -0.25) is 9.69 Å². The zero-order valence-corrected chi connectivity index (χ0v) is 11.1. The van der Waals surface area contributed by atoms with E-state index in [4.69, 9.17) is 0 Å². The van der Waals surface area contributed by atoms with Crippen molar-refractivity contribution in [3.05, 3.63) is 0 Å². The molecule has 0 saturated carbocycles. The lowest BCUT2D eigenvalue weighted by molar-refractivity contribution is -0.134. The molecular formula is C13H25N3O. The minimum absolute atomic E-state index is 0.0236. The smallest absolute Gasteiger partial charge is 0.239 e. The minimum Gasteiger partial charge on any atom is -0.341 e. The molecule has 0 aromatic rings. The summed E-state index contributed by atoms with van der Waals surface area (Å²) in [5.74, 6) is 0.308. The van der Waals surface area contributed by atoms with Crippen LogP contribution in [-0.2, 0) is 4.79 Å². The first-order valence-electron chi connectivity index (χ1n) is 6.91. The lowest BCUT2D eigenvalue weighted by Gasteiger charge is -2.29. The normalized spacial score (nSPS) is 26.8. The first-order chi connectivity index (χ1) is 8.18. The van der Waals surface area contributed by atoms with Gasteiger partial charge >= 0.3 is 0 Å². The average molecular weight is 239 g/mol. The number of nitrogens with one attached hydrogen (secondary N) is 1. The molecule has 2 heterocycles. The van der Waals surface area contributed by atoms with Crippen LogP contribution < -0.4 is 5.32 Å². The maximum absolute atomic E-state index is 12.2. The van der Waals surface area contributed by atoms with Crippen molar-refractivity contribution in [2.24, 2.45) is 0 Å². The number of nitrogens with zero attached hydrogens (tertiary/aromatic N) is 2. The summed E-state index contributed by atoms with van der Waals surface area (Å²) in [7, 11) is 2.07. The molecule has 2 fully saturated rings. The Morgan fingerprint density at radius 1 is 1.41 bits per heavy atom. The van der Waals surface area contributed by atoms with Crippen LogP contribution in [0.5, 0.6) is 0 Å². The number of carbonyl (C=O) groups is 1. The molecular weight excluding hydrogens is 214 g/mol. The van der Waals surface area contributed by atoms with Gasteiger partial charge in [0.05, 0.1) is 6.04 Å². The van der Waals surface area contributed by atoms with E-state index in [9.17, 15) is 4.79 Å². The summed E-state index contributed by atoms with van der Waals surface area (Å²) < 4.78 is 0. The molecule has 1 N–H and O–H groups in total. The Morgan fingerprint density at radius 2 is 2.12 bits per heavy atom. The molecule has 0 aromatic carbocycles. The van der Waals surface area contributed by atoms with E-state index in [0.717, 1.165) is 26.2 Å². The third-order valence-corrected chi connectivity index (χ3v) is 4.11. The molecule has 2 rings (SSSR count). The van der Waals surface area contributed by atoms with E-state index < -0.39 is 0 Å². The Bertz CT molecular complexity index is 257.